The van der Waals surface area contributed by atoms with Crippen LogP contribution in [0.4, 0.5) is 0 Å². The number of methoxy groups -OCH3 is 1. The number of nitrogens with zero attached hydrogens (tertiary/aromatic N) is 1. The molecule has 0 unspecified atom stereocenters. The monoisotopic (exact) mass is 437 g/mol. The maximum atomic E-state index is 8.00. The number of piperidine rings is 1. The molecule has 0 N–H and O–H groups in total. The largest absolute Gasteiger partial charge is 0.465 e. The van der Waals surface area contributed by atoms with Gasteiger partial charge in [0.25, 0.3) is 0 Å². The highest BCUT2D eigenvalue weighted by atomic mass is 16.5. The fourth-order valence-electron chi connectivity index (χ4n) is 3.79. The predicted molar refractivity (Wildman–Crippen MR) is 128 cm³/mol. The number of aryl methyl sites for hydroxylation is 1. The first-order chi connectivity index (χ1) is 15.7. The number of rotatable bonds is 6. The lowest BCUT2D eigenvalue weighted by Gasteiger charge is -2.33. The van der Waals surface area contributed by atoms with Gasteiger partial charge in [0.15, 0.2) is 0 Å². The van der Waals surface area contributed by atoms with Crippen molar-refractivity contribution in [1.29, 1.82) is 0 Å². The Morgan fingerprint density at radius 3 is 1.84 bits per heavy atom. The molecular formula is C27H35NO4. The van der Waals surface area contributed by atoms with Crippen molar-refractivity contribution in [3.8, 4) is 0 Å². The molecule has 0 bridgehead atoms. The molecule has 0 aliphatic carbocycles. The number of hydrogen-bond donors (Lipinski definition) is 0. The lowest BCUT2D eigenvalue weighted by Crippen LogP contribution is -2.37. The second-order valence-electron chi connectivity index (χ2n) is 7.73. The zero-order valence-corrected chi connectivity index (χ0v) is 19.4. The molecule has 5 heteroatoms. The fourth-order valence-corrected chi connectivity index (χ4v) is 3.79. The number of carbonyl (C=O) groups excluding carboxylic acids is 1. The average Bonchev–Trinajstić information content (AvgIpc) is 3.26. The van der Waals surface area contributed by atoms with Crippen molar-refractivity contribution in [3.05, 3.63) is 95.4 Å². The molecule has 3 aromatic rings. The van der Waals surface area contributed by atoms with Crippen LogP contribution in [0.25, 0.3) is 0 Å². The zero-order valence-electron chi connectivity index (χ0n) is 19.4. The van der Waals surface area contributed by atoms with Crippen LogP contribution < -0.4 is 0 Å². The van der Waals surface area contributed by atoms with Crippen LogP contribution in [0.5, 0.6) is 0 Å². The van der Waals surface area contributed by atoms with Crippen LogP contribution in [0, 0.1) is 6.92 Å². The van der Waals surface area contributed by atoms with E-state index in [2.05, 4.69) is 76.4 Å². The summed E-state index contributed by atoms with van der Waals surface area (Å²) in [6, 6.07) is 25.2. The second kappa shape index (κ2) is 14.4. The van der Waals surface area contributed by atoms with Gasteiger partial charge >= 0.3 is 0 Å². The highest BCUT2D eigenvalue weighted by Crippen LogP contribution is 2.30. The third-order valence-corrected chi connectivity index (χ3v) is 5.24. The lowest BCUT2D eigenvalue weighted by atomic mass is 10.00. The molecule has 2 aromatic carbocycles. The molecule has 0 amide bonds. The Balaban J connectivity index is 0.000000671. The van der Waals surface area contributed by atoms with Gasteiger partial charge < -0.3 is 18.7 Å². The Morgan fingerprint density at radius 2 is 1.41 bits per heavy atom. The molecule has 1 aliphatic rings. The van der Waals surface area contributed by atoms with Gasteiger partial charge in [0.2, 0.25) is 0 Å². The molecule has 1 aromatic heterocycles. The first-order valence-corrected chi connectivity index (χ1v) is 10.9. The summed E-state index contributed by atoms with van der Waals surface area (Å²) in [7, 11) is 3.25. The predicted octanol–water partition coefficient (Wildman–Crippen LogP) is 5.44. The van der Waals surface area contributed by atoms with Gasteiger partial charge in [-0.15, -0.1) is 0 Å². The molecule has 2 heterocycles. The normalized spacial score (nSPS) is 14.2. The van der Waals surface area contributed by atoms with Crippen LogP contribution in [0.1, 0.15) is 41.6 Å². The standard InChI is InChI=1S/C24H27NO2.C2H6O.CH2O/c1-19-12-13-23(26-19)18-25-16-14-22(15-17-25)27-24(20-8-4-2-5-9-20)21-10-6-3-7-11-21;1-3-2;1-2/h2-13,22,24H,14-18H2,1H3;1-2H3;1H2. The van der Waals surface area contributed by atoms with Gasteiger partial charge in [-0.2, -0.15) is 0 Å². The van der Waals surface area contributed by atoms with Gasteiger partial charge in [0.05, 0.1) is 12.6 Å². The third kappa shape index (κ3) is 8.08. The highest BCUT2D eigenvalue weighted by Gasteiger charge is 2.25. The molecule has 0 radical (unpaired) electrons. The van der Waals surface area contributed by atoms with Gasteiger partial charge in [-0.3, -0.25) is 4.90 Å². The summed E-state index contributed by atoms with van der Waals surface area (Å²) in [4.78, 5) is 10.5. The smallest absolute Gasteiger partial charge is 0.118 e. The van der Waals surface area contributed by atoms with E-state index in [1.165, 1.54) is 11.1 Å². The summed E-state index contributed by atoms with van der Waals surface area (Å²) in [6.07, 6.45) is 2.38. The van der Waals surface area contributed by atoms with E-state index in [1.807, 2.05) is 19.8 Å². The van der Waals surface area contributed by atoms with E-state index in [-0.39, 0.29) is 12.2 Å². The lowest BCUT2D eigenvalue weighted by molar-refractivity contribution is -0.0980. The molecule has 32 heavy (non-hydrogen) atoms. The van der Waals surface area contributed by atoms with Crippen molar-refractivity contribution in [1.82, 2.24) is 4.90 Å². The Hall–Kier alpha value is -2.73. The minimum absolute atomic E-state index is 0.00308. The van der Waals surface area contributed by atoms with Crippen LogP contribution >= 0.6 is 0 Å². The van der Waals surface area contributed by atoms with Crippen molar-refractivity contribution in [3.63, 3.8) is 0 Å². The van der Waals surface area contributed by atoms with Crippen molar-refractivity contribution < 1.29 is 18.7 Å². The fraction of sp³-hybridized carbons (Fsp3) is 0.370. The molecule has 172 valence electrons. The van der Waals surface area contributed by atoms with E-state index in [1.54, 1.807) is 14.2 Å². The highest BCUT2D eigenvalue weighted by molar-refractivity contribution is 5.30. The first-order valence-electron chi connectivity index (χ1n) is 10.9. The van der Waals surface area contributed by atoms with E-state index in [0.29, 0.717) is 0 Å². The molecule has 1 fully saturated rings. The third-order valence-electron chi connectivity index (χ3n) is 5.24. The minimum Gasteiger partial charge on any atom is -0.465 e. The van der Waals surface area contributed by atoms with E-state index in [9.17, 15) is 0 Å². The van der Waals surface area contributed by atoms with Crippen molar-refractivity contribution in [2.75, 3.05) is 27.3 Å². The minimum atomic E-state index is -0.00308. The molecule has 0 atom stereocenters. The molecule has 5 nitrogen and oxygen atoms in total. The first kappa shape index (κ1) is 25.5. The summed E-state index contributed by atoms with van der Waals surface area (Å²) in [6.45, 7) is 6.97. The van der Waals surface area contributed by atoms with Gasteiger partial charge in [0.1, 0.15) is 24.4 Å². The number of benzene rings is 2. The topological polar surface area (TPSA) is 51.9 Å². The van der Waals surface area contributed by atoms with Crippen LogP contribution in [-0.4, -0.2) is 45.1 Å². The van der Waals surface area contributed by atoms with Crippen LogP contribution in [-0.2, 0) is 20.8 Å². The number of likely N-dealkylation sites (tertiary alicyclic amines) is 1. The van der Waals surface area contributed by atoms with Crippen molar-refractivity contribution >= 4 is 6.79 Å². The number of carbonyl (C=O) groups is 1. The van der Waals surface area contributed by atoms with E-state index in [0.717, 1.165) is 44.0 Å². The van der Waals surface area contributed by atoms with Crippen LogP contribution in [0.15, 0.2) is 77.2 Å². The van der Waals surface area contributed by atoms with Gasteiger partial charge in [-0.25, -0.2) is 0 Å². The molecule has 0 spiro atoms. The van der Waals surface area contributed by atoms with E-state index in [4.69, 9.17) is 13.9 Å². The Bertz CT molecular complexity index is 818. The summed E-state index contributed by atoms with van der Waals surface area (Å²) >= 11 is 0. The van der Waals surface area contributed by atoms with Crippen molar-refractivity contribution in [2.45, 2.75) is 38.5 Å². The SMILES string of the molecule is C=O.COC.Cc1ccc(CN2CCC(OC(c3ccccc3)c3ccccc3)CC2)o1. The Labute approximate surface area is 192 Å². The number of hydrogen-bond acceptors (Lipinski definition) is 5. The summed E-state index contributed by atoms with van der Waals surface area (Å²) in [5.74, 6) is 2.04. The molecule has 1 aliphatic heterocycles. The second-order valence-corrected chi connectivity index (χ2v) is 7.73. The number of ether oxygens (including phenoxy) is 2. The average molecular weight is 438 g/mol. The molecule has 4 rings (SSSR count). The van der Waals surface area contributed by atoms with Gasteiger partial charge in [-0.1, -0.05) is 60.7 Å². The van der Waals surface area contributed by atoms with Gasteiger partial charge in [0, 0.05) is 27.3 Å². The quantitative estimate of drug-likeness (QED) is 0.514. The van der Waals surface area contributed by atoms with E-state index >= 15 is 0 Å². The molecule has 0 saturated carbocycles. The number of furan rings is 1. The van der Waals surface area contributed by atoms with E-state index < -0.39 is 0 Å². The summed E-state index contributed by atoms with van der Waals surface area (Å²) < 4.78 is 16.6. The van der Waals surface area contributed by atoms with Crippen LogP contribution in [0.2, 0.25) is 0 Å². The molecule has 1 saturated heterocycles. The Morgan fingerprint density at radius 1 is 0.906 bits per heavy atom. The molecular weight excluding hydrogens is 402 g/mol. The van der Waals surface area contributed by atoms with Crippen LogP contribution in [0.3, 0.4) is 0 Å². The summed E-state index contributed by atoms with van der Waals surface area (Å²) in [5.41, 5.74) is 2.44. The van der Waals surface area contributed by atoms with Crippen molar-refractivity contribution in [2.24, 2.45) is 0 Å². The maximum absolute atomic E-state index is 8.00. The zero-order chi connectivity index (χ0) is 23.2. The maximum Gasteiger partial charge on any atom is 0.118 e. The Kier molecular flexibility index (Phi) is 11.5. The van der Waals surface area contributed by atoms with Gasteiger partial charge in [-0.05, 0) is 43.0 Å². The summed E-state index contributed by atoms with van der Waals surface area (Å²) in [5, 5.41) is 0.